The van der Waals surface area contributed by atoms with Crippen LogP contribution in [0.1, 0.15) is 12.0 Å². The van der Waals surface area contributed by atoms with Gasteiger partial charge in [-0.05, 0) is 35.4 Å². The number of fused-ring (bicyclic) bond motifs is 2. The average molecular weight is 459 g/mol. The Morgan fingerprint density at radius 2 is 1.91 bits per heavy atom. The normalized spacial score (nSPS) is 14.3. The molecule has 8 heteroatoms. The smallest absolute Gasteiger partial charge is 0.177 e. The van der Waals surface area contributed by atoms with Gasteiger partial charge < -0.3 is 25.3 Å². The molecular formula is C26H26N4O4. The first kappa shape index (κ1) is 21.8. The Balaban J connectivity index is 1.27. The van der Waals surface area contributed by atoms with Gasteiger partial charge in [0.2, 0.25) is 0 Å². The predicted molar refractivity (Wildman–Crippen MR) is 135 cm³/mol. The lowest BCUT2D eigenvalue weighted by atomic mass is 9.99. The number of hydrogen-bond acceptors (Lipinski definition) is 7. The molecule has 5 rings (SSSR count). The summed E-state index contributed by atoms with van der Waals surface area (Å²) >= 11 is 0. The quantitative estimate of drug-likeness (QED) is 0.169. The molecule has 0 bridgehead atoms. The van der Waals surface area contributed by atoms with E-state index in [1.54, 1.807) is 31.4 Å². The minimum Gasteiger partial charge on any atom is -0.505 e. The van der Waals surface area contributed by atoms with Crippen LogP contribution in [0.25, 0.3) is 27.2 Å². The number of H-pyrrole nitrogens is 1. The summed E-state index contributed by atoms with van der Waals surface area (Å²) in [5.41, 5.74) is 3.57. The van der Waals surface area contributed by atoms with Crippen molar-refractivity contribution in [2.75, 3.05) is 38.6 Å². The van der Waals surface area contributed by atoms with E-state index in [4.69, 9.17) is 4.74 Å². The molecule has 0 spiro atoms. The van der Waals surface area contributed by atoms with Gasteiger partial charge in [0, 0.05) is 59.6 Å². The minimum absolute atomic E-state index is 0.0846. The van der Waals surface area contributed by atoms with Gasteiger partial charge in [-0.25, -0.2) is 0 Å². The van der Waals surface area contributed by atoms with E-state index in [1.165, 1.54) is 11.1 Å². The molecule has 1 aliphatic rings. The maximum absolute atomic E-state index is 11.4. The van der Waals surface area contributed by atoms with E-state index >= 15 is 0 Å². The fourth-order valence-corrected chi connectivity index (χ4v) is 4.64. The number of nitrogens with one attached hydrogen (secondary N) is 2. The lowest BCUT2D eigenvalue weighted by Gasteiger charge is -2.26. The maximum atomic E-state index is 11.4. The van der Waals surface area contributed by atoms with Crippen molar-refractivity contribution in [3.05, 3.63) is 65.2 Å². The second kappa shape index (κ2) is 9.07. The number of benzene rings is 3. The zero-order valence-corrected chi connectivity index (χ0v) is 18.8. The summed E-state index contributed by atoms with van der Waals surface area (Å²) in [5.74, 6) is 0.523. The summed E-state index contributed by atoms with van der Waals surface area (Å²) in [6.45, 7) is 2.87. The van der Waals surface area contributed by atoms with Crippen LogP contribution in [-0.4, -0.2) is 53.4 Å². The van der Waals surface area contributed by atoms with Gasteiger partial charge >= 0.3 is 0 Å². The number of rotatable bonds is 7. The van der Waals surface area contributed by atoms with Gasteiger partial charge in [-0.2, -0.15) is 0 Å². The molecule has 8 nitrogen and oxygen atoms in total. The largest absolute Gasteiger partial charge is 0.505 e. The standard InChI is InChI=1S/C26H26N4O4/c1-34-17-6-7-22-20(14-17)21(15-28-22)16-8-11-30(12-9-16)13-10-27-23-24(29-33)26(32)19-5-3-2-4-18(19)25(23)31/h2-8,14-15,27-28,31-32H,9-13H2,1H3. The summed E-state index contributed by atoms with van der Waals surface area (Å²) in [4.78, 5) is 17.0. The highest BCUT2D eigenvalue weighted by atomic mass is 16.5. The van der Waals surface area contributed by atoms with Gasteiger partial charge in [0.1, 0.15) is 17.2 Å². The number of hydrogen-bond donors (Lipinski definition) is 4. The Kier molecular flexibility index (Phi) is 5.81. The fourth-order valence-electron chi connectivity index (χ4n) is 4.64. The van der Waals surface area contributed by atoms with Crippen molar-refractivity contribution in [1.82, 2.24) is 9.88 Å². The van der Waals surface area contributed by atoms with Crippen LogP contribution in [0.4, 0.5) is 11.4 Å². The van der Waals surface area contributed by atoms with Crippen molar-refractivity contribution in [1.29, 1.82) is 0 Å². The molecular weight excluding hydrogens is 432 g/mol. The molecule has 0 fully saturated rings. The van der Waals surface area contributed by atoms with E-state index in [9.17, 15) is 15.1 Å². The van der Waals surface area contributed by atoms with Crippen molar-refractivity contribution >= 4 is 38.6 Å². The molecule has 34 heavy (non-hydrogen) atoms. The number of anilines is 1. The lowest BCUT2D eigenvalue weighted by molar-refractivity contribution is 0.313. The van der Waals surface area contributed by atoms with Crippen LogP contribution >= 0.6 is 0 Å². The molecule has 4 N–H and O–H groups in total. The van der Waals surface area contributed by atoms with Crippen LogP contribution < -0.4 is 10.1 Å². The molecule has 174 valence electrons. The zero-order chi connectivity index (χ0) is 23.7. The van der Waals surface area contributed by atoms with Gasteiger partial charge in [0.15, 0.2) is 11.4 Å². The van der Waals surface area contributed by atoms with E-state index in [0.717, 1.165) is 36.2 Å². The van der Waals surface area contributed by atoms with Gasteiger partial charge in [-0.15, -0.1) is 4.91 Å². The molecule has 0 amide bonds. The molecule has 0 unspecified atom stereocenters. The van der Waals surface area contributed by atoms with Crippen LogP contribution in [0.3, 0.4) is 0 Å². The van der Waals surface area contributed by atoms with E-state index in [-0.39, 0.29) is 22.9 Å². The van der Waals surface area contributed by atoms with Crippen LogP contribution in [0, 0.1) is 4.91 Å². The van der Waals surface area contributed by atoms with Gasteiger partial charge in [-0.1, -0.05) is 30.3 Å². The maximum Gasteiger partial charge on any atom is 0.177 e. The van der Waals surface area contributed by atoms with Crippen molar-refractivity contribution < 1.29 is 14.9 Å². The second-order valence-electron chi connectivity index (χ2n) is 8.38. The summed E-state index contributed by atoms with van der Waals surface area (Å²) in [5, 5.41) is 29.2. The number of methoxy groups -OCH3 is 1. The Morgan fingerprint density at radius 1 is 1.12 bits per heavy atom. The van der Waals surface area contributed by atoms with Gasteiger partial charge in [-0.3, -0.25) is 4.90 Å². The first-order chi connectivity index (χ1) is 16.6. The van der Waals surface area contributed by atoms with Gasteiger partial charge in [0.25, 0.3) is 0 Å². The van der Waals surface area contributed by atoms with Crippen LogP contribution in [0.5, 0.6) is 17.2 Å². The molecule has 2 heterocycles. The number of aromatic hydroxyl groups is 2. The highest BCUT2D eigenvalue weighted by molar-refractivity contribution is 6.03. The predicted octanol–water partition coefficient (Wildman–Crippen LogP) is 5.34. The number of phenols is 2. The summed E-state index contributed by atoms with van der Waals surface area (Å²) in [6, 6.07) is 12.9. The molecule has 1 aliphatic heterocycles. The molecule has 1 aromatic heterocycles. The number of aromatic amines is 1. The molecule has 4 aromatic rings. The molecule has 0 saturated carbocycles. The summed E-state index contributed by atoms with van der Waals surface area (Å²) in [6.07, 6.45) is 5.20. The fraction of sp³-hybridized carbons (Fsp3) is 0.231. The number of ether oxygens (including phenoxy) is 1. The summed E-state index contributed by atoms with van der Waals surface area (Å²) < 4.78 is 5.38. The minimum atomic E-state index is -0.230. The highest BCUT2D eigenvalue weighted by Gasteiger charge is 2.20. The van der Waals surface area contributed by atoms with Crippen LogP contribution in [0.15, 0.2) is 59.9 Å². The van der Waals surface area contributed by atoms with E-state index in [1.807, 2.05) is 12.1 Å². The van der Waals surface area contributed by atoms with E-state index in [2.05, 4.69) is 38.7 Å². The molecule has 0 aliphatic carbocycles. The van der Waals surface area contributed by atoms with Gasteiger partial charge in [0.05, 0.1) is 7.11 Å². The second-order valence-corrected chi connectivity index (χ2v) is 8.38. The Morgan fingerprint density at radius 3 is 2.62 bits per heavy atom. The average Bonchev–Trinajstić information content (AvgIpc) is 3.30. The van der Waals surface area contributed by atoms with Crippen molar-refractivity contribution in [3.8, 4) is 17.2 Å². The molecule has 0 radical (unpaired) electrons. The third kappa shape index (κ3) is 3.82. The molecule has 0 saturated heterocycles. The first-order valence-corrected chi connectivity index (χ1v) is 11.2. The van der Waals surface area contributed by atoms with Crippen molar-refractivity contribution in [3.63, 3.8) is 0 Å². The Bertz CT molecular complexity index is 1410. The van der Waals surface area contributed by atoms with E-state index < -0.39 is 0 Å². The Hall–Kier alpha value is -4.04. The molecule has 0 atom stereocenters. The first-order valence-electron chi connectivity index (χ1n) is 11.2. The topological polar surface area (TPSA) is 110 Å². The SMILES string of the molecule is COc1ccc2[nH]cc(C3=CCN(CCNc4c(N=O)c(O)c5ccccc5c4O)CC3)c2c1. The Labute approximate surface area is 196 Å². The number of nitroso groups, excluding NO2 is 1. The van der Waals surface area contributed by atoms with Crippen molar-refractivity contribution in [2.45, 2.75) is 6.42 Å². The molecule has 3 aromatic carbocycles. The number of nitrogens with zero attached hydrogens (tertiary/aromatic N) is 2. The van der Waals surface area contributed by atoms with Crippen molar-refractivity contribution in [2.24, 2.45) is 5.18 Å². The lowest BCUT2D eigenvalue weighted by Crippen LogP contribution is -2.32. The monoisotopic (exact) mass is 458 g/mol. The highest BCUT2D eigenvalue weighted by Crippen LogP contribution is 2.48. The number of phenolic OH excluding ortho intramolecular Hbond substituents is 2. The summed E-state index contributed by atoms with van der Waals surface area (Å²) in [7, 11) is 1.67. The third-order valence-corrected chi connectivity index (χ3v) is 6.48. The zero-order valence-electron chi connectivity index (χ0n) is 18.8. The van der Waals surface area contributed by atoms with Crippen LogP contribution in [-0.2, 0) is 0 Å². The third-order valence-electron chi connectivity index (χ3n) is 6.48. The van der Waals surface area contributed by atoms with Crippen LogP contribution in [0.2, 0.25) is 0 Å². The van der Waals surface area contributed by atoms with E-state index in [0.29, 0.717) is 23.9 Å². The number of aromatic nitrogens is 1.